The van der Waals surface area contributed by atoms with E-state index in [0.717, 1.165) is 11.5 Å². The number of ketones is 2. The summed E-state index contributed by atoms with van der Waals surface area (Å²) in [5.41, 5.74) is -0.270. The Morgan fingerprint density at radius 1 is 1.00 bits per heavy atom. The molecule has 1 aromatic rings. The molecule has 1 saturated heterocycles. The predicted molar refractivity (Wildman–Crippen MR) is 80.2 cm³/mol. The molecule has 0 amide bonds. The van der Waals surface area contributed by atoms with Crippen LogP contribution >= 0.6 is 23.4 Å². The summed E-state index contributed by atoms with van der Waals surface area (Å²) >= 11 is 7.85. The molecular formula is C14H12ClNO4S. The minimum Gasteiger partial charge on any atom is -0.507 e. The standard InChI is InChI=1S/C14H12ClNO4S/c15-11-12(16-3-5-21-6-4-16)14(20)10-8(18)2-1-7(17)9(10)13(11)19/h1-2,17-18H,3-6H2. The minimum atomic E-state index is -0.632. The van der Waals surface area contributed by atoms with Gasteiger partial charge in [-0.05, 0) is 12.1 Å². The average Bonchev–Trinajstić information content (AvgIpc) is 2.48. The molecule has 7 heteroatoms. The van der Waals surface area contributed by atoms with E-state index >= 15 is 0 Å². The number of benzene rings is 1. The number of fused-ring (bicyclic) bond motifs is 1. The lowest BCUT2D eigenvalue weighted by Gasteiger charge is -2.32. The van der Waals surface area contributed by atoms with Crippen LogP contribution in [0.15, 0.2) is 22.9 Å². The van der Waals surface area contributed by atoms with Crippen molar-refractivity contribution in [2.75, 3.05) is 24.6 Å². The van der Waals surface area contributed by atoms with Crippen molar-refractivity contribution in [1.82, 2.24) is 4.90 Å². The number of hydrogen-bond donors (Lipinski definition) is 2. The normalized spacial score (nSPS) is 19.0. The van der Waals surface area contributed by atoms with Crippen molar-refractivity contribution in [3.8, 4) is 11.5 Å². The van der Waals surface area contributed by atoms with E-state index in [4.69, 9.17) is 11.6 Å². The highest BCUT2D eigenvalue weighted by molar-refractivity contribution is 7.99. The van der Waals surface area contributed by atoms with Crippen LogP contribution in [0.4, 0.5) is 0 Å². The molecule has 1 aliphatic carbocycles. The number of aromatic hydroxyl groups is 2. The van der Waals surface area contributed by atoms with Gasteiger partial charge in [-0.15, -0.1) is 0 Å². The van der Waals surface area contributed by atoms with E-state index in [0.29, 0.717) is 13.1 Å². The molecule has 5 nitrogen and oxygen atoms in total. The van der Waals surface area contributed by atoms with Crippen LogP contribution in [0.3, 0.4) is 0 Å². The Balaban J connectivity index is 2.16. The van der Waals surface area contributed by atoms with Gasteiger partial charge in [-0.1, -0.05) is 11.6 Å². The minimum absolute atomic E-state index is 0.121. The first-order valence-electron chi connectivity index (χ1n) is 6.39. The van der Waals surface area contributed by atoms with Gasteiger partial charge in [-0.2, -0.15) is 11.8 Å². The molecule has 0 saturated carbocycles. The maximum Gasteiger partial charge on any atom is 0.215 e. The van der Waals surface area contributed by atoms with Crippen molar-refractivity contribution in [2.45, 2.75) is 0 Å². The molecule has 1 aromatic carbocycles. The van der Waals surface area contributed by atoms with Crippen molar-refractivity contribution >= 4 is 34.9 Å². The molecule has 0 bridgehead atoms. The first-order chi connectivity index (χ1) is 10.0. The van der Waals surface area contributed by atoms with Gasteiger partial charge in [0, 0.05) is 24.6 Å². The summed E-state index contributed by atoms with van der Waals surface area (Å²) in [4.78, 5) is 26.7. The summed E-state index contributed by atoms with van der Waals surface area (Å²) < 4.78 is 0. The van der Waals surface area contributed by atoms with Crippen LogP contribution in [0.5, 0.6) is 11.5 Å². The van der Waals surface area contributed by atoms with E-state index in [-0.39, 0.29) is 33.4 Å². The van der Waals surface area contributed by atoms with E-state index in [1.54, 1.807) is 16.7 Å². The lowest BCUT2D eigenvalue weighted by Crippen LogP contribution is -2.38. The van der Waals surface area contributed by atoms with E-state index < -0.39 is 11.6 Å². The average molecular weight is 326 g/mol. The topological polar surface area (TPSA) is 77.8 Å². The summed E-state index contributed by atoms with van der Waals surface area (Å²) in [6.45, 7) is 1.23. The lowest BCUT2D eigenvalue weighted by atomic mass is 9.90. The molecule has 110 valence electrons. The molecule has 0 unspecified atom stereocenters. The molecule has 1 aliphatic heterocycles. The van der Waals surface area contributed by atoms with E-state index in [1.807, 2.05) is 0 Å². The highest BCUT2D eigenvalue weighted by atomic mass is 35.5. The third-order valence-corrected chi connectivity index (χ3v) is 4.86. The third kappa shape index (κ3) is 2.18. The Bertz CT molecular complexity index is 680. The van der Waals surface area contributed by atoms with Crippen LogP contribution < -0.4 is 0 Å². The number of hydrogen-bond acceptors (Lipinski definition) is 6. The van der Waals surface area contributed by atoms with Gasteiger partial charge in [0.2, 0.25) is 11.6 Å². The molecule has 0 aromatic heterocycles. The van der Waals surface area contributed by atoms with Crippen LogP contribution in [0.1, 0.15) is 20.7 Å². The largest absolute Gasteiger partial charge is 0.507 e. The Morgan fingerprint density at radius 2 is 1.52 bits per heavy atom. The second kappa shape index (κ2) is 5.27. The van der Waals surface area contributed by atoms with Crippen molar-refractivity contribution < 1.29 is 19.8 Å². The monoisotopic (exact) mass is 325 g/mol. The Morgan fingerprint density at radius 3 is 2.10 bits per heavy atom. The Kier molecular flexibility index (Phi) is 3.59. The molecule has 2 N–H and O–H groups in total. The predicted octanol–water partition coefficient (Wildman–Crippen LogP) is 1.98. The van der Waals surface area contributed by atoms with Crippen LogP contribution in [-0.2, 0) is 0 Å². The molecule has 3 rings (SSSR count). The quantitative estimate of drug-likeness (QED) is 0.769. The van der Waals surface area contributed by atoms with Gasteiger partial charge >= 0.3 is 0 Å². The van der Waals surface area contributed by atoms with Gasteiger partial charge in [-0.3, -0.25) is 9.59 Å². The zero-order valence-corrected chi connectivity index (χ0v) is 12.5. The fraction of sp³-hybridized carbons (Fsp3) is 0.286. The maximum absolute atomic E-state index is 12.6. The van der Waals surface area contributed by atoms with Crippen LogP contribution in [0.25, 0.3) is 0 Å². The van der Waals surface area contributed by atoms with Gasteiger partial charge in [0.1, 0.15) is 22.2 Å². The SMILES string of the molecule is O=C1C(Cl)=C(N2CCSCC2)C(=O)c2c(O)ccc(O)c21. The lowest BCUT2D eigenvalue weighted by molar-refractivity contribution is 0.0944. The number of allylic oxidation sites excluding steroid dienone is 2. The zero-order chi connectivity index (χ0) is 15.1. The summed E-state index contributed by atoms with van der Waals surface area (Å²) in [7, 11) is 0. The highest BCUT2D eigenvalue weighted by Gasteiger charge is 2.38. The third-order valence-electron chi connectivity index (χ3n) is 3.57. The van der Waals surface area contributed by atoms with Crippen molar-refractivity contribution in [2.24, 2.45) is 0 Å². The first-order valence-corrected chi connectivity index (χ1v) is 7.92. The van der Waals surface area contributed by atoms with Crippen molar-refractivity contribution in [1.29, 1.82) is 0 Å². The maximum atomic E-state index is 12.6. The Labute approximate surface area is 130 Å². The summed E-state index contributed by atoms with van der Waals surface area (Å²) in [5, 5.41) is 19.5. The number of thioether (sulfide) groups is 1. The zero-order valence-electron chi connectivity index (χ0n) is 10.9. The first kappa shape index (κ1) is 14.3. The van der Waals surface area contributed by atoms with Gasteiger partial charge in [0.05, 0.1) is 11.1 Å². The molecule has 1 fully saturated rings. The second-order valence-corrected chi connectivity index (χ2v) is 6.38. The van der Waals surface area contributed by atoms with E-state index in [2.05, 4.69) is 0 Å². The summed E-state index contributed by atoms with van der Waals surface area (Å²) in [6.07, 6.45) is 0. The summed E-state index contributed by atoms with van der Waals surface area (Å²) in [6, 6.07) is 2.37. The van der Waals surface area contributed by atoms with Gasteiger partial charge in [0.25, 0.3) is 0 Å². The fourth-order valence-electron chi connectivity index (χ4n) is 2.55. The van der Waals surface area contributed by atoms with E-state index in [1.165, 1.54) is 12.1 Å². The number of halogens is 1. The molecule has 0 radical (unpaired) electrons. The number of carbonyl (C=O) groups is 2. The molecule has 1 heterocycles. The molecule has 0 atom stereocenters. The number of phenolic OH excluding ortho intramolecular Hbond substituents is 2. The van der Waals surface area contributed by atoms with Crippen molar-refractivity contribution in [3.05, 3.63) is 34.0 Å². The van der Waals surface area contributed by atoms with Gasteiger partial charge < -0.3 is 15.1 Å². The molecule has 21 heavy (non-hydrogen) atoms. The molecular weight excluding hydrogens is 314 g/mol. The number of rotatable bonds is 1. The highest BCUT2D eigenvalue weighted by Crippen LogP contribution is 2.39. The van der Waals surface area contributed by atoms with E-state index in [9.17, 15) is 19.8 Å². The van der Waals surface area contributed by atoms with Crippen molar-refractivity contribution in [3.63, 3.8) is 0 Å². The summed E-state index contributed by atoms with van der Waals surface area (Å²) in [5.74, 6) is -0.147. The molecule has 0 spiro atoms. The van der Waals surface area contributed by atoms with Crippen LogP contribution in [-0.4, -0.2) is 51.3 Å². The number of carbonyl (C=O) groups excluding carboxylic acids is 2. The molecule has 2 aliphatic rings. The van der Waals surface area contributed by atoms with Gasteiger partial charge in [0.15, 0.2) is 0 Å². The number of nitrogens with zero attached hydrogens (tertiary/aromatic N) is 1. The Hall–Kier alpha value is -1.66. The second-order valence-electron chi connectivity index (χ2n) is 4.77. The van der Waals surface area contributed by atoms with Crippen LogP contribution in [0.2, 0.25) is 0 Å². The van der Waals surface area contributed by atoms with Gasteiger partial charge in [-0.25, -0.2) is 0 Å². The smallest absolute Gasteiger partial charge is 0.215 e. The number of Topliss-reactive ketones (excluding diaryl/α,β-unsaturated/α-hetero) is 2. The fourth-order valence-corrected chi connectivity index (χ4v) is 3.75. The number of phenols is 2. The van der Waals surface area contributed by atoms with Crippen LogP contribution in [0, 0.1) is 0 Å².